The molecule has 0 saturated carbocycles. The lowest BCUT2D eigenvalue weighted by Crippen LogP contribution is -2.58. The van der Waals surface area contributed by atoms with Gasteiger partial charge in [-0.25, -0.2) is 0 Å². The molecule has 2 heterocycles. The lowest BCUT2D eigenvalue weighted by atomic mass is 10.0. The van der Waals surface area contributed by atoms with Gasteiger partial charge in [0.15, 0.2) is 5.57 Å². The van der Waals surface area contributed by atoms with Crippen molar-refractivity contribution < 1.29 is 18.9 Å². The summed E-state index contributed by atoms with van der Waals surface area (Å²) in [6, 6.07) is 16.8. The van der Waals surface area contributed by atoms with Crippen LogP contribution in [0.4, 0.5) is 0 Å². The van der Waals surface area contributed by atoms with Crippen LogP contribution in [0.2, 0.25) is 0 Å². The Morgan fingerprint density at radius 3 is 2.56 bits per heavy atom. The minimum atomic E-state index is -0.548. The van der Waals surface area contributed by atoms with E-state index in [1.807, 2.05) is 61.6 Å². The number of hydrogen-bond donors (Lipinski definition) is 3. The summed E-state index contributed by atoms with van der Waals surface area (Å²) in [6.45, 7) is 4.55. The first-order chi connectivity index (χ1) is 15.4. The maximum Gasteiger partial charge on any atom is 0.259 e. The fraction of sp³-hybridized carbons (Fsp3) is 0.208. The van der Waals surface area contributed by atoms with Gasteiger partial charge in [-0.3, -0.25) is 9.59 Å². The molecule has 4 rings (SSSR count). The molecule has 2 aliphatic rings. The van der Waals surface area contributed by atoms with Crippen LogP contribution in [-0.4, -0.2) is 48.3 Å². The Morgan fingerprint density at radius 2 is 1.91 bits per heavy atom. The average Bonchev–Trinajstić information content (AvgIpc) is 3.12. The molecule has 8 heteroatoms. The van der Waals surface area contributed by atoms with Crippen LogP contribution in [0.15, 0.2) is 83.7 Å². The average molecular weight is 433 g/mol. The second-order valence-corrected chi connectivity index (χ2v) is 7.82. The van der Waals surface area contributed by atoms with Gasteiger partial charge in [0.1, 0.15) is 23.3 Å². The fourth-order valence-corrected chi connectivity index (χ4v) is 4.08. The van der Waals surface area contributed by atoms with Gasteiger partial charge in [0.25, 0.3) is 5.91 Å². The minimum Gasteiger partial charge on any atom is -0.457 e. The van der Waals surface area contributed by atoms with Crippen LogP contribution in [0.1, 0.15) is 12.0 Å². The monoisotopic (exact) mass is 432 g/mol. The third-order valence-electron chi connectivity index (χ3n) is 5.77. The normalized spacial score (nSPS) is 21.8. The Hall–Kier alpha value is -3.91. The van der Waals surface area contributed by atoms with Crippen LogP contribution < -0.4 is 21.1 Å². The highest BCUT2D eigenvalue weighted by Crippen LogP contribution is 2.35. The molecule has 0 aliphatic carbocycles. The first-order valence-electron chi connectivity index (χ1n) is 10.4. The van der Waals surface area contributed by atoms with Gasteiger partial charge in [0, 0.05) is 18.5 Å². The van der Waals surface area contributed by atoms with Crippen LogP contribution in [0, 0.1) is 0 Å². The van der Waals surface area contributed by atoms with Crippen LogP contribution in [-0.2, 0) is 9.59 Å². The number of fused-ring (bicyclic) bond motifs is 1. The van der Waals surface area contributed by atoms with E-state index < -0.39 is 5.91 Å². The predicted molar refractivity (Wildman–Crippen MR) is 122 cm³/mol. The quantitative estimate of drug-likeness (QED) is 0.460. The van der Waals surface area contributed by atoms with Gasteiger partial charge in [-0.15, -0.1) is 4.59 Å². The summed E-state index contributed by atoms with van der Waals surface area (Å²) in [5.41, 5.74) is 7.43. The number of amides is 2. The molecule has 1 saturated heterocycles. The highest BCUT2D eigenvalue weighted by molar-refractivity contribution is 6.28. The highest BCUT2D eigenvalue weighted by Gasteiger charge is 2.50. The Balaban J connectivity index is 1.64. The molecule has 1 fully saturated rings. The number of benzene rings is 2. The molecule has 8 nitrogen and oxygen atoms in total. The number of para-hydroxylation sites is 1. The number of rotatable bonds is 7. The topological polar surface area (TPSA) is 106 Å². The number of quaternary nitrogens is 1. The number of nitrogens with one attached hydrogen (secondary N) is 2. The molecule has 0 aromatic heterocycles. The molecule has 32 heavy (non-hydrogen) atoms. The van der Waals surface area contributed by atoms with Crippen molar-refractivity contribution in [3.63, 3.8) is 0 Å². The van der Waals surface area contributed by atoms with Gasteiger partial charge < -0.3 is 21.1 Å². The molecule has 2 aromatic rings. The first-order valence-corrected chi connectivity index (χ1v) is 10.4. The molecule has 4 N–H and O–H groups in total. The van der Waals surface area contributed by atoms with E-state index in [0.717, 1.165) is 17.7 Å². The zero-order valence-corrected chi connectivity index (χ0v) is 17.9. The number of carbonyl (C=O) groups is 2. The number of nitrogens with zero attached hydrogens (tertiary/aromatic N) is 2. The van der Waals surface area contributed by atoms with Crippen LogP contribution in [0.5, 0.6) is 11.5 Å². The SMILES string of the molecule is C=CC(=O)NCC1CCNC2=C(C(N)=O)C(c3ccc(Oc4ccccc4)cc3)=N[N+]21C. The molecule has 2 unspecified atom stereocenters. The summed E-state index contributed by atoms with van der Waals surface area (Å²) in [5.74, 6) is 1.28. The molecule has 2 atom stereocenters. The first kappa shape index (κ1) is 21.3. The molecule has 2 aromatic carbocycles. The summed E-state index contributed by atoms with van der Waals surface area (Å²) >= 11 is 0. The molecule has 164 valence electrons. The smallest absolute Gasteiger partial charge is 0.259 e. The van der Waals surface area contributed by atoms with Crippen molar-refractivity contribution in [1.82, 2.24) is 10.6 Å². The molecular weight excluding hydrogens is 406 g/mol. The van der Waals surface area contributed by atoms with Crippen molar-refractivity contribution in [2.24, 2.45) is 10.8 Å². The van der Waals surface area contributed by atoms with Crippen molar-refractivity contribution in [1.29, 1.82) is 0 Å². The Kier molecular flexibility index (Phi) is 5.79. The third-order valence-corrected chi connectivity index (χ3v) is 5.77. The zero-order chi connectivity index (χ0) is 22.7. The van der Waals surface area contributed by atoms with Gasteiger partial charge in [0.2, 0.25) is 11.7 Å². The number of likely N-dealkylation sites (N-methyl/N-ethyl adjacent to an activating group) is 1. The fourth-order valence-electron chi connectivity index (χ4n) is 4.08. The third kappa shape index (κ3) is 4.00. The maximum atomic E-state index is 12.4. The highest BCUT2D eigenvalue weighted by atomic mass is 16.5. The zero-order valence-electron chi connectivity index (χ0n) is 17.9. The van der Waals surface area contributed by atoms with Gasteiger partial charge >= 0.3 is 0 Å². The summed E-state index contributed by atoms with van der Waals surface area (Å²) < 4.78 is 5.98. The Labute approximate surface area is 186 Å². The number of nitrogens with two attached hydrogens (primary N) is 1. The lowest BCUT2D eigenvalue weighted by Gasteiger charge is -2.38. The van der Waals surface area contributed by atoms with Crippen molar-refractivity contribution in [2.45, 2.75) is 12.5 Å². The molecule has 0 radical (unpaired) electrons. The maximum absolute atomic E-state index is 12.4. The van der Waals surface area contributed by atoms with Gasteiger partial charge in [0.05, 0.1) is 13.6 Å². The van der Waals surface area contributed by atoms with E-state index in [4.69, 9.17) is 15.6 Å². The standard InChI is InChI=1S/C24H25N5O3/c1-3-20(30)27-15-17-13-14-26-24-21(23(25)31)22(28-29(17,24)2)16-9-11-19(12-10-16)32-18-7-5-4-6-8-18/h3-12,17H,1,13-15H2,2H3,(H3-,25,26,27,28,30,31)/p+1. The van der Waals surface area contributed by atoms with E-state index in [1.165, 1.54) is 6.08 Å². The number of hydrogen-bond acceptors (Lipinski definition) is 5. The predicted octanol–water partition coefficient (Wildman–Crippen LogP) is 2.00. The van der Waals surface area contributed by atoms with Crippen molar-refractivity contribution >= 4 is 17.5 Å². The van der Waals surface area contributed by atoms with E-state index in [2.05, 4.69) is 17.2 Å². The van der Waals surface area contributed by atoms with E-state index in [-0.39, 0.29) is 16.5 Å². The molecule has 2 amide bonds. The summed E-state index contributed by atoms with van der Waals surface area (Å²) in [4.78, 5) is 24.1. The Bertz CT molecular complexity index is 1110. The number of carbonyl (C=O) groups excluding carboxylic acids is 2. The summed E-state index contributed by atoms with van der Waals surface area (Å²) in [5, 5.41) is 11.1. The van der Waals surface area contributed by atoms with E-state index in [1.54, 1.807) is 0 Å². The largest absolute Gasteiger partial charge is 0.457 e. The summed E-state index contributed by atoms with van der Waals surface area (Å²) in [7, 11) is 1.91. The van der Waals surface area contributed by atoms with E-state index in [0.29, 0.717) is 35.9 Å². The van der Waals surface area contributed by atoms with Gasteiger partial charge in [-0.1, -0.05) is 29.9 Å². The lowest BCUT2D eigenvalue weighted by molar-refractivity contribution is -0.907. The second-order valence-electron chi connectivity index (χ2n) is 7.82. The molecule has 2 aliphatic heterocycles. The summed E-state index contributed by atoms with van der Waals surface area (Å²) in [6.07, 6.45) is 2.01. The minimum absolute atomic E-state index is 0.0531. The van der Waals surface area contributed by atoms with Crippen molar-refractivity contribution in [3.05, 3.63) is 84.2 Å². The molecule has 0 bridgehead atoms. The number of ether oxygens (including phenoxy) is 1. The van der Waals surface area contributed by atoms with Gasteiger partial charge in [-0.2, -0.15) is 0 Å². The van der Waals surface area contributed by atoms with Crippen LogP contribution in [0.25, 0.3) is 0 Å². The number of primary amides is 1. The molecule has 0 spiro atoms. The molecular formula is C24H26N5O3+. The van der Waals surface area contributed by atoms with Crippen LogP contribution >= 0.6 is 0 Å². The van der Waals surface area contributed by atoms with Gasteiger partial charge in [-0.05, 0) is 42.5 Å². The van der Waals surface area contributed by atoms with Crippen LogP contribution in [0.3, 0.4) is 0 Å². The second kappa shape index (κ2) is 8.68. The van der Waals surface area contributed by atoms with E-state index in [9.17, 15) is 9.59 Å². The van der Waals surface area contributed by atoms with E-state index >= 15 is 0 Å². The van der Waals surface area contributed by atoms with Crippen molar-refractivity contribution in [2.75, 3.05) is 20.1 Å². The van der Waals surface area contributed by atoms with Crippen molar-refractivity contribution in [3.8, 4) is 11.5 Å². The Morgan fingerprint density at radius 1 is 1.22 bits per heavy atom.